The summed E-state index contributed by atoms with van der Waals surface area (Å²) in [6.45, 7) is 3.56. The Hall–Kier alpha value is -2.34. The second kappa shape index (κ2) is 8.49. The van der Waals surface area contributed by atoms with Gasteiger partial charge in [-0.25, -0.2) is 9.18 Å². The van der Waals surface area contributed by atoms with Gasteiger partial charge in [-0.1, -0.05) is 12.1 Å². The third-order valence-corrected chi connectivity index (χ3v) is 3.99. The number of amides is 1. The van der Waals surface area contributed by atoms with Gasteiger partial charge in [-0.3, -0.25) is 4.79 Å². The Morgan fingerprint density at radius 3 is 2.42 bits per heavy atom. The fourth-order valence-corrected chi connectivity index (χ4v) is 2.61. The minimum Gasteiger partial charge on any atom is -0.459 e. The van der Waals surface area contributed by atoms with Crippen LogP contribution in [0.4, 0.5) is 10.1 Å². The second-order valence-electron chi connectivity index (χ2n) is 5.30. The van der Waals surface area contributed by atoms with Crippen molar-refractivity contribution in [3.63, 3.8) is 0 Å². The van der Waals surface area contributed by atoms with E-state index in [1.54, 1.807) is 56.3 Å². The van der Waals surface area contributed by atoms with Gasteiger partial charge in [0.1, 0.15) is 5.82 Å². The van der Waals surface area contributed by atoms with Crippen molar-refractivity contribution in [2.24, 2.45) is 0 Å². The number of carbonyl (C=O) groups is 2. The number of nitrogens with one attached hydrogen (secondary N) is 1. The standard InChI is InChI=1S/C18H18FNO3S/c1-12(2)23-18(22)13-7-9-14(10-8-13)20-17(21)11-24-16-6-4-3-5-15(16)19/h3-10,12H,11H2,1-2H3,(H,20,21). The van der Waals surface area contributed by atoms with Crippen molar-refractivity contribution in [1.82, 2.24) is 0 Å². The number of thioether (sulfide) groups is 1. The molecule has 1 amide bonds. The summed E-state index contributed by atoms with van der Waals surface area (Å²) in [6, 6.07) is 12.7. The van der Waals surface area contributed by atoms with Crippen molar-refractivity contribution in [3.8, 4) is 0 Å². The van der Waals surface area contributed by atoms with E-state index in [0.29, 0.717) is 16.1 Å². The Labute approximate surface area is 144 Å². The molecule has 1 N–H and O–H groups in total. The van der Waals surface area contributed by atoms with Gasteiger partial charge < -0.3 is 10.1 Å². The van der Waals surface area contributed by atoms with Crippen LogP contribution in [0.5, 0.6) is 0 Å². The summed E-state index contributed by atoms with van der Waals surface area (Å²) in [5, 5.41) is 2.70. The Bertz CT molecular complexity index is 716. The molecule has 126 valence electrons. The van der Waals surface area contributed by atoms with Crippen LogP contribution in [-0.4, -0.2) is 23.7 Å². The summed E-state index contributed by atoms with van der Waals surface area (Å²) in [4.78, 5) is 24.1. The first-order valence-corrected chi connectivity index (χ1v) is 8.42. The predicted molar refractivity (Wildman–Crippen MR) is 92.7 cm³/mol. The van der Waals surface area contributed by atoms with E-state index in [2.05, 4.69) is 5.32 Å². The average Bonchev–Trinajstić information content (AvgIpc) is 2.54. The topological polar surface area (TPSA) is 55.4 Å². The van der Waals surface area contributed by atoms with Crippen LogP contribution >= 0.6 is 11.8 Å². The van der Waals surface area contributed by atoms with Crippen LogP contribution in [0.15, 0.2) is 53.4 Å². The Kier molecular flexibility index (Phi) is 6.37. The molecule has 24 heavy (non-hydrogen) atoms. The number of halogens is 1. The van der Waals surface area contributed by atoms with E-state index in [-0.39, 0.29) is 23.6 Å². The molecule has 6 heteroatoms. The minimum absolute atomic E-state index is 0.0953. The molecule has 4 nitrogen and oxygen atoms in total. The zero-order valence-electron chi connectivity index (χ0n) is 13.4. The SMILES string of the molecule is CC(C)OC(=O)c1ccc(NC(=O)CSc2ccccc2F)cc1. The summed E-state index contributed by atoms with van der Waals surface area (Å²) in [6.07, 6.45) is -0.188. The van der Waals surface area contributed by atoms with Gasteiger partial charge in [0.2, 0.25) is 5.91 Å². The molecule has 0 heterocycles. The van der Waals surface area contributed by atoms with Crippen molar-refractivity contribution in [1.29, 1.82) is 0 Å². The smallest absolute Gasteiger partial charge is 0.338 e. The van der Waals surface area contributed by atoms with Crippen molar-refractivity contribution < 1.29 is 18.7 Å². The number of ether oxygens (including phenoxy) is 1. The van der Waals surface area contributed by atoms with Crippen LogP contribution in [0.1, 0.15) is 24.2 Å². The third-order valence-electron chi connectivity index (χ3n) is 2.94. The number of hydrogen-bond donors (Lipinski definition) is 1. The summed E-state index contributed by atoms with van der Waals surface area (Å²) < 4.78 is 18.6. The number of benzene rings is 2. The van der Waals surface area contributed by atoms with E-state index in [1.807, 2.05) is 0 Å². The fraction of sp³-hybridized carbons (Fsp3) is 0.222. The highest BCUT2D eigenvalue weighted by molar-refractivity contribution is 8.00. The molecule has 0 radical (unpaired) electrons. The van der Waals surface area contributed by atoms with Crippen LogP contribution in [-0.2, 0) is 9.53 Å². The molecule has 0 fully saturated rings. The van der Waals surface area contributed by atoms with Crippen LogP contribution in [0.25, 0.3) is 0 Å². The van der Waals surface area contributed by atoms with E-state index in [9.17, 15) is 14.0 Å². The molecular weight excluding hydrogens is 329 g/mol. The molecule has 0 saturated carbocycles. The number of carbonyl (C=O) groups excluding carboxylic acids is 2. The fourth-order valence-electron chi connectivity index (χ4n) is 1.87. The van der Waals surface area contributed by atoms with Crippen molar-refractivity contribution in [2.45, 2.75) is 24.8 Å². The van der Waals surface area contributed by atoms with Gasteiger partial charge in [0.15, 0.2) is 0 Å². The molecule has 2 aromatic carbocycles. The maximum absolute atomic E-state index is 13.5. The molecular formula is C18H18FNO3S. The predicted octanol–water partition coefficient (Wildman–Crippen LogP) is 4.12. The van der Waals surface area contributed by atoms with E-state index in [1.165, 1.54) is 6.07 Å². The van der Waals surface area contributed by atoms with Crippen LogP contribution in [0.3, 0.4) is 0 Å². The zero-order valence-corrected chi connectivity index (χ0v) is 14.2. The van der Waals surface area contributed by atoms with Crippen LogP contribution in [0.2, 0.25) is 0 Å². The number of hydrogen-bond acceptors (Lipinski definition) is 4. The lowest BCUT2D eigenvalue weighted by atomic mass is 10.2. The van der Waals surface area contributed by atoms with Crippen molar-refractivity contribution in [2.75, 3.05) is 11.1 Å². The molecule has 0 bridgehead atoms. The molecule has 0 aliphatic carbocycles. The minimum atomic E-state index is -0.405. The molecule has 0 unspecified atom stereocenters. The molecule has 2 rings (SSSR count). The number of rotatable bonds is 6. The summed E-state index contributed by atoms with van der Waals surface area (Å²) in [5.74, 6) is -0.903. The first-order valence-electron chi connectivity index (χ1n) is 7.44. The lowest BCUT2D eigenvalue weighted by Crippen LogP contribution is -2.15. The normalized spacial score (nSPS) is 10.5. The van der Waals surface area contributed by atoms with Gasteiger partial charge in [-0.05, 0) is 50.2 Å². The number of anilines is 1. The Morgan fingerprint density at radius 1 is 1.12 bits per heavy atom. The van der Waals surface area contributed by atoms with E-state index in [4.69, 9.17) is 4.74 Å². The highest BCUT2D eigenvalue weighted by atomic mass is 32.2. The quantitative estimate of drug-likeness (QED) is 0.631. The molecule has 0 atom stereocenters. The molecule has 0 aromatic heterocycles. The first kappa shape index (κ1) is 18.0. The van der Waals surface area contributed by atoms with Crippen molar-refractivity contribution >= 4 is 29.3 Å². The third kappa shape index (κ3) is 5.38. The van der Waals surface area contributed by atoms with Gasteiger partial charge in [-0.15, -0.1) is 11.8 Å². The van der Waals surface area contributed by atoms with E-state index in [0.717, 1.165) is 11.8 Å². The maximum atomic E-state index is 13.5. The first-order chi connectivity index (χ1) is 11.5. The van der Waals surface area contributed by atoms with E-state index >= 15 is 0 Å². The van der Waals surface area contributed by atoms with Gasteiger partial charge >= 0.3 is 5.97 Å². The zero-order chi connectivity index (χ0) is 17.5. The summed E-state index contributed by atoms with van der Waals surface area (Å²) in [5.41, 5.74) is 0.984. The lowest BCUT2D eigenvalue weighted by molar-refractivity contribution is -0.113. The summed E-state index contributed by atoms with van der Waals surface area (Å²) >= 11 is 1.13. The highest BCUT2D eigenvalue weighted by Crippen LogP contribution is 2.21. The van der Waals surface area contributed by atoms with Gasteiger partial charge in [0.05, 0.1) is 17.4 Å². The summed E-state index contributed by atoms with van der Waals surface area (Å²) in [7, 11) is 0. The number of esters is 1. The molecule has 2 aromatic rings. The van der Waals surface area contributed by atoms with Crippen molar-refractivity contribution in [3.05, 3.63) is 59.9 Å². The monoisotopic (exact) mass is 347 g/mol. The molecule has 0 aliphatic heterocycles. The van der Waals surface area contributed by atoms with E-state index < -0.39 is 5.97 Å². The van der Waals surface area contributed by atoms with Gasteiger partial charge in [0, 0.05) is 10.6 Å². The lowest BCUT2D eigenvalue weighted by Gasteiger charge is -2.09. The molecule has 0 saturated heterocycles. The molecule has 0 spiro atoms. The highest BCUT2D eigenvalue weighted by Gasteiger charge is 2.10. The average molecular weight is 347 g/mol. The Balaban J connectivity index is 1.88. The largest absolute Gasteiger partial charge is 0.459 e. The molecule has 0 aliphatic rings. The maximum Gasteiger partial charge on any atom is 0.338 e. The van der Waals surface area contributed by atoms with Gasteiger partial charge in [-0.2, -0.15) is 0 Å². The second-order valence-corrected chi connectivity index (χ2v) is 6.32. The van der Waals surface area contributed by atoms with Crippen LogP contribution in [0, 0.1) is 5.82 Å². The van der Waals surface area contributed by atoms with Crippen LogP contribution < -0.4 is 5.32 Å². The Morgan fingerprint density at radius 2 is 1.79 bits per heavy atom. The van der Waals surface area contributed by atoms with Gasteiger partial charge in [0.25, 0.3) is 0 Å².